The zero-order chi connectivity index (χ0) is 12.3. The standard InChI is InChI=1S/C13H24N2O2/c1-13(2,10-4-3-5-10)9-15-12(16)11-8-17-7-6-14-11/h10-11,14H,3-9H2,1-2H3,(H,15,16). The first-order valence-corrected chi connectivity index (χ1v) is 6.68. The van der Waals surface area contributed by atoms with E-state index in [4.69, 9.17) is 4.74 Å². The molecule has 4 heteroatoms. The molecule has 1 heterocycles. The molecule has 17 heavy (non-hydrogen) atoms. The molecule has 98 valence electrons. The lowest BCUT2D eigenvalue weighted by Crippen LogP contribution is -2.53. The van der Waals surface area contributed by atoms with E-state index < -0.39 is 0 Å². The highest BCUT2D eigenvalue weighted by Crippen LogP contribution is 2.41. The van der Waals surface area contributed by atoms with Crippen molar-refractivity contribution >= 4 is 5.91 Å². The molecule has 4 nitrogen and oxygen atoms in total. The Kier molecular flexibility index (Phi) is 4.05. The third kappa shape index (κ3) is 3.19. The molecular formula is C13H24N2O2. The Morgan fingerprint density at radius 1 is 1.47 bits per heavy atom. The van der Waals surface area contributed by atoms with Gasteiger partial charge in [-0.3, -0.25) is 4.79 Å². The molecule has 2 fully saturated rings. The maximum Gasteiger partial charge on any atom is 0.239 e. The monoisotopic (exact) mass is 240 g/mol. The summed E-state index contributed by atoms with van der Waals surface area (Å²) in [5.41, 5.74) is 0.226. The van der Waals surface area contributed by atoms with Crippen LogP contribution in [0.5, 0.6) is 0 Å². The summed E-state index contributed by atoms with van der Waals surface area (Å²) in [4.78, 5) is 11.9. The van der Waals surface area contributed by atoms with Gasteiger partial charge in [0.05, 0.1) is 13.2 Å². The summed E-state index contributed by atoms with van der Waals surface area (Å²) in [6.45, 7) is 7.25. The van der Waals surface area contributed by atoms with Crippen LogP contribution >= 0.6 is 0 Å². The second-order valence-electron chi connectivity index (χ2n) is 5.92. The Balaban J connectivity index is 1.74. The fraction of sp³-hybridized carbons (Fsp3) is 0.923. The summed E-state index contributed by atoms with van der Waals surface area (Å²) in [5, 5.41) is 6.24. The highest BCUT2D eigenvalue weighted by Gasteiger charge is 2.34. The average Bonchev–Trinajstić information content (AvgIpc) is 2.24. The van der Waals surface area contributed by atoms with Gasteiger partial charge in [0.25, 0.3) is 0 Å². The number of hydrogen-bond acceptors (Lipinski definition) is 3. The minimum absolute atomic E-state index is 0.0806. The van der Waals surface area contributed by atoms with E-state index in [-0.39, 0.29) is 17.4 Å². The van der Waals surface area contributed by atoms with Gasteiger partial charge in [0, 0.05) is 13.1 Å². The third-order valence-corrected chi connectivity index (χ3v) is 4.17. The van der Waals surface area contributed by atoms with Gasteiger partial charge in [-0.1, -0.05) is 20.3 Å². The zero-order valence-corrected chi connectivity index (χ0v) is 10.9. The molecule has 0 aromatic carbocycles. The SMILES string of the molecule is CC(C)(CNC(=O)C1COCCN1)C1CCC1. The number of carbonyl (C=O) groups excluding carboxylic acids is 1. The summed E-state index contributed by atoms with van der Waals surface area (Å²) >= 11 is 0. The number of morpholine rings is 1. The largest absolute Gasteiger partial charge is 0.378 e. The van der Waals surface area contributed by atoms with Gasteiger partial charge in [0.15, 0.2) is 0 Å². The number of amides is 1. The lowest BCUT2D eigenvalue weighted by Gasteiger charge is -2.40. The highest BCUT2D eigenvalue weighted by molar-refractivity contribution is 5.82. The van der Waals surface area contributed by atoms with Crippen LogP contribution in [-0.4, -0.2) is 38.3 Å². The second kappa shape index (κ2) is 5.36. The molecular weight excluding hydrogens is 216 g/mol. The van der Waals surface area contributed by atoms with Gasteiger partial charge in [-0.05, 0) is 24.2 Å². The summed E-state index contributed by atoms with van der Waals surface area (Å²) < 4.78 is 5.29. The van der Waals surface area contributed by atoms with Crippen molar-refractivity contribution in [2.45, 2.75) is 39.2 Å². The number of hydrogen-bond donors (Lipinski definition) is 2. The van der Waals surface area contributed by atoms with Gasteiger partial charge in [-0.15, -0.1) is 0 Å². The van der Waals surface area contributed by atoms with Crippen molar-refractivity contribution in [2.75, 3.05) is 26.3 Å². The number of rotatable bonds is 4. The smallest absolute Gasteiger partial charge is 0.239 e. The average molecular weight is 240 g/mol. The predicted molar refractivity (Wildman–Crippen MR) is 66.7 cm³/mol. The second-order valence-corrected chi connectivity index (χ2v) is 5.92. The number of ether oxygens (including phenoxy) is 1. The van der Waals surface area contributed by atoms with Gasteiger partial charge < -0.3 is 15.4 Å². The van der Waals surface area contributed by atoms with Crippen molar-refractivity contribution in [3.8, 4) is 0 Å². The number of carbonyl (C=O) groups is 1. The fourth-order valence-electron chi connectivity index (χ4n) is 2.51. The van der Waals surface area contributed by atoms with Gasteiger partial charge in [-0.25, -0.2) is 0 Å². The van der Waals surface area contributed by atoms with Crippen LogP contribution in [0.15, 0.2) is 0 Å². The Bertz CT molecular complexity index is 269. The van der Waals surface area contributed by atoms with Gasteiger partial charge in [-0.2, -0.15) is 0 Å². The van der Waals surface area contributed by atoms with Crippen LogP contribution in [0.4, 0.5) is 0 Å². The molecule has 0 aromatic rings. The Morgan fingerprint density at radius 3 is 2.76 bits per heavy atom. The van der Waals surface area contributed by atoms with Crippen LogP contribution in [-0.2, 0) is 9.53 Å². The lowest BCUT2D eigenvalue weighted by molar-refractivity contribution is -0.126. The molecule has 0 bridgehead atoms. The first-order chi connectivity index (χ1) is 8.09. The molecule has 1 atom stereocenters. The van der Waals surface area contributed by atoms with Crippen LogP contribution in [0.1, 0.15) is 33.1 Å². The molecule has 1 saturated heterocycles. The molecule has 1 aliphatic heterocycles. The van der Waals surface area contributed by atoms with Gasteiger partial charge >= 0.3 is 0 Å². The van der Waals surface area contributed by atoms with Crippen molar-refractivity contribution in [1.29, 1.82) is 0 Å². The first-order valence-electron chi connectivity index (χ1n) is 6.68. The van der Waals surface area contributed by atoms with E-state index in [2.05, 4.69) is 24.5 Å². The van der Waals surface area contributed by atoms with Crippen molar-refractivity contribution in [3.63, 3.8) is 0 Å². The molecule has 1 saturated carbocycles. The van der Waals surface area contributed by atoms with E-state index in [1.54, 1.807) is 0 Å². The van der Waals surface area contributed by atoms with Crippen LogP contribution in [0.2, 0.25) is 0 Å². The molecule has 2 rings (SSSR count). The molecule has 0 radical (unpaired) electrons. The summed E-state index contributed by atoms with van der Waals surface area (Å²) in [7, 11) is 0. The van der Waals surface area contributed by atoms with E-state index in [0.29, 0.717) is 13.2 Å². The maximum atomic E-state index is 11.9. The lowest BCUT2D eigenvalue weighted by atomic mass is 9.67. The zero-order valence-electron chi connectivity index (χ0n) is 10.9. The van der Waals surface area contributed by atoms with E-state index in [9.17, 15) is 4.79 Å². The molecule has 0 aromatic heterocycles. The summed E-state index contributed by atoms with van der Waals surface area (Å²) in [5.74, 6) is 0.857. The highest BCUT2D eigenvalue weighted by atomic mass is 16.5. The molecule has 1 amide bonds. The molecule has 1 unspecified atom stereocenters. The van der Waals surface area contributed by atoms with E-state index >= 15 is 0 Å². The Hall–Kier alpha value is -0.610. The topological polar surface area (TPSA) is 50.4 Å². The minimum Gasteiger partial charge on any atom is -0.378 e. The van der Waals surface area contributed by atoms with Crippen LogP contribution in [0, 0.1) is 11.3 Å². The normalized spacial score (nSPS) is 26.4. The Morgan fingerprint density at radius 2 is 2.24 bits per heavy atom. The van der Waals surface area contributed by atoms with Crippen LogP contribution < -0.4 is 10.6 Å². The van der Waals surface area contributed by atoms with Gasteiger partial charge in [0.2, 0.25) is 5.91 Å². The number of nitrogens with one attached hydrogen (secondary N) is 2. The van der Waals surface area contributed by atoms with Crippen molar-refractivity contribution in [3.05, 3.63) is 0 Å². The minimum atomic E-state index is -0.166. The Labute approximate surface area is 103 Å². The molecule has 0 spiro atoms. The summed E-state index contributed by atoms with van der Waals surface area (Å²) in [6, 6.07) is -0.166. The fourth-order valence-corrected chi connectivity index (χ4v) is 2.51. The van der Waals surface area contributed by atoms with E-state index in [1.165, 1.54) is 19.3 Å². The van der Waals surface area contributed by atoms with Crippen molar-refractivity contribution in [1.82, 2.24) is 10.6 Å². The van der Waals surface area contributed by atoms with Crippen LogP contribution in [0.3, 0.4) is 0 Å². The third-order valence-electron chi connectivity index (χ3n) is 4.17. The molecule has 2 N–H and O–H groups in total. The predicted octanol–water partition coefficient (Wildman–Crippen LogP) is 0.917. The molecule has 2 aliphatic rings. The van der Waals surface area contributed by atoms with Crippen LogP contribution in [0.25, 0.3) is 0 Å². The summed E-state index contributed by atoms with van der Waals surface area (Å²) in [6.07, 6.45) is 3.97. The van der Waals surface area contributed by atoms with E-state index in [1.807, 2.05) is 0 Å². The first kappa shape index (κ1) is 12.8. The van der Waals surface area contributed by atoms with Crippen molar-refractivity contribution in [2.24, 2.45) is 11.3 Å². The van der Waals surface area contributed by atoms with E-state index in [0.717, 1.165) is 19.0 Å². The maximum absolute atomic E-state index is 11.9. The quantitative estimate of drug-likeness (QED) is 0.768. The van der Waals surface area contributed by atoms with Crippen molar-refractivity contribution < 1.29 is 9.53 Å². The molecule has 1 aliphatic carbocycles. The van der Waals surface area contributed by atoms with Gasteiger partial charge in [0.1, 0.15) is 6.04 Å².